The zero-order chi connectivity index (χ0) is 21.0. The van der Waals surface area contributed by atoms with E-state index in [1.807, 2.05) is 12.1 Å². The van der Waals surface area contributed by atoms with Crippen LogP contribution in [-0.4, -0.2) is 43.1 Å². The Hall–Kier alpha value is -3.00. The number of hydrogen-bond donors (Lipinski definition) is 0. The van der Waals surface area contributed by atoms with E-state index in [0.717, 1.165) is 18.4 Å². The fourth-order valence-corrected chi connectivity index (χ4v) is 3.63. The fraction of sp³-hybridized carbons (Fsp3) is 0.350. The van der Waals surface area contributed by atoms with Crippen LogP contribution in [0, 0.1) is 10.1 Å². The summed E-state index contributed by atoms with van der Waals surface area (Å²) in [5.41, 5.74) is 0.577. The molecule has 2 aromatic carbocycles. The van der Waals surface area contributed by atoms with Crippen molar-refractivity contribution in [3.8, 4) is 17.2 Å². The van der Waals surface area contributed by atoms with Crippen LogP contribution in [0.25, 0.3) is 0 Å². The van der Waals surface area contributed by atoms with Crippen LogP contribution in [0.15, 0.2) is 36.4 Å². The highest BCUT2D eigenvalue weighted by molar-refractivity contribution is 6.30. The second-order valence-electron chi connectivity index (χ2n) is 6.51. The van der Waals surface area contributed by atoms with Gasteiger partial charge in [0.2, 0.25) is 0 Å². The number of benzene rings is 2. The maximum atomic E-state index is 12.8. The number of methoxy groups -OCH3 is 2. The van der Waals surface area contributed by atoms with Crippen molar-refractivity contribution in [3.63, 3.8) is 0 Å². The van der Waals surface area contributed by atoms with E-state index in [-0.39, 0.29) is 35.0 Å². The Morgan fingerprint density at radius 1 is 1.21 bits per heavy atom. The smallest absolute Gasteiger partial charge is 0.312 e. The SMILES string of the molecule is COc1ccc(OC)c(C2CCCN2C(=O)COc2ccc(Cl)cc2[N+](=O)[O-])c1. The number of nitro groups is 1. The number of likely N-dealkylation sites (tertiary alicyclic amines) is 1. The van der Waals surface area contributed by atoms with E-state index >= 15 is 0 Å². The lowest BCUT2D eigenvalue weighted by atomic mass is 10.0. The first kappa shape index (κ1) is 20.7. The Morgan fingerprint density at radius 3 is 2.66 bits per heavy atom. The molecular weight excluding hydrogens is 400 g/mol. The Bertz CT molecular complexity index is 920. The number of hydrogen-bond acceptors (Lipinski definition) is 6. The molecule has 0 aromatic heterocycles. The third-order valence-electron chi connectivity index (χ3n) is 4.84. The van der Waals surface area contributed by atoms with Gasteiger partial charge in [-0.25, -0.2) is 0 Å². The highest BCUT2D eigenvalue weighted by Gasteiger charge is 2.32. The molecule has 0 bridgehead atoms. The van der Waals surface area contributed by atoms with Crippen molar-refractivity contribution < 1.29 is 23.9 Å². The number of carbonyl (C=O) groups is 1. The molecule has 8 nitrogen and oxygen atoms in total. The Kier molecular flexibility index (Phi) is 6.43. The number of nitro benzene ring substituents is 1. The van der Waals surface area contributed by atoms with Crippen LogP contribution < -0.4 is 14.2 Å². The highest BCUT2D eigenvalue weighted by atomic mass is 35.5. The summed E-state index contributed by atoms with van der Waals surface area (Å²) in [6.07, 6.45) is 1.61. The van der Waals surface area contributed by atoms with Crippen molar-refractivity contribution in [1.29, 1.82) is 0 Å². The predicted octanol–water partition coefficient (Wildman–Crippen LogP) is 4.01. The van der Waals surface area contributed by atoms with Crippen LogP contribution in [0.1, 0.15) is 24.4 Å². The number of nitrogens with zero attached hydrogens (tertiary/aromatic N) is 2. The Labute approximate surface area is 173 Å². The van der Waals surface area contributed by atoms with Gasteiger partial charge in [0.15, 0.2) is 12.4 Å². The molecule has 1 saturated heterocycles. The maximum absolute atomic E-state index is 12.8. The minimum absolute atomic E-state index is 0.00228. The molecule has 1 fully saturated rings. The molecule has 0 aliphatic carbocycles. The number of ether oxygens (including phenoxy) is 3. The lowest BCUT2D eigenvalue weighted by Crippen LogP contribution is -2.34. The molecule has 0 spiro atoms. The van der Waals surface area contributed by atoms with Crippen LogP contribution in [0.4, 0.5) is 5.69 Å². The molecule has 2 aromatic rings. The van der Waals surface area contributed by atoms with Crippen molar-refractivity contribution in [3.05, 3.63) is 57.1 Å². The number of halogens is 1. The summed E-state index contributed by atoms with van der Waals surface area (Å²) in [5, 5.41) is 11.4. The normalized spacial score (nSPS) is 15.8. The molecule has 3 rings (SSSR count). The molecule has 1 heterocycles. The molecule has 1 aliphatic heterocycles. The fourth-order valence-electron chi connectivity index (χ4n) is 3.47. The van der Waals surface area contributed by atoms with Gasteiger partial charge < -0.3 is 19.1 Å². The van der Waals surface area contributed by atoms with Crippen LogP contribution in [0.5, 0.6) is 17.2 Å². The molecule has 29 heavy (non-hydrogen) atoms. The minimum Gasteiger partial charge on any atom is -0.497 e. The van der Waals surface area contributed by atoms with Crippen molar-refractivity contribution in [1.82, 2.24) is 4.90 Å². The van der Waals surface area contributed by atoms with E-state index in [1.54, 1.807) is 25.2 Å². The molecular formula is C20H21ClN2O6. The van der Waals surface area contributed by atoms with Gasteiger partial charge in [0.25, 0.3) is 5.91 Å². The summed E-state index contributed by atoms with van der Waals surface area (Å²) < 4.78 is 16.2. The van der Waals surface area contributed by atoms with Gasteiger partial charge >= 0.3 is 5.69 Å². The molecule has 0 radical (unpaired) electrons. The standard InChI is InChI=1S/C20H21ClN2O6/c1-27-14-6-8-18(28-2)15(11-14)16-4-3-9-22(16)20(24)12-29-19-7-5-13(21)10-17(19)23(25)26/h5-8,10-11,16H,3-4,9,12H2,1-2H3. The minimum atomic E-state index is -0.592. The number of rotatable bonds is 7. The van der Waals surface area contributed by atoms with Crippen molar-refractivity contribution >= 4 is 23.2 Å². The molecule has 9 heteroatoms. The molecule has 0 saturated carbocycles. The third-order valence-corrected chi connectivity index (χ3v) is 5.07. The van der Waals surface area contributed by atoms with Crippen LogP contribution >= 0.6 is 11.6 Å². The van der Waals surface area contributed by atoms with Gasteiger partial charge in [-0.15, -0.1) is 0 Å². The average Bonchev–Trinajstić information content (AvgIpc) is 3.21. The summed E-state index contributed by atoms with van der Waals surface area (Å²) in [7, 11) is 3.16. The second kappa shape index (κ2) is 9.00. The van der Waals surface area contributed by atoms with Gasteiger partial charge in [0.05, 0.1) is 25.2 Å². The zero-order valence-electron chi connectivity index (χ0n) is 16.1. The lowest BCUT2D eigenvalue weighted by Gasteiger charge is -2.26. The first-order chi connectivity index (χ1) is 13.9. The van der Waals surface area contributed by atoms with Crippen LogP contribution in [0.2, 0.25) is 5.02 Å². The third kappa shape index (κ3) is 4.54. The topological polar surface area (TPSA) is 91.1 Å². The van der Waals surface area contributed by atoms with Gasteiger partial charge in [-0.3, -0.25) is 14.9 Å². The molecule has 1 aliphatic rings. The van der Waals surface area contributed by atoms with Gasteiger partial charge in [-0.05, 0) is 43.2 Å². The van der Waals surface area contributed by atoms with Crippen molar-refractivity contribution in [2.24, 2.45) is 0 Å². The largest absolute Gasteiger partial charge is 0.497 e. The van der Waals surface area contributed by atoms with Gasteiger partial charge in [0, 0.05) is 23.2 Å². The zero-order valence-corrected chi connectivity index (χ0v) is 16.8. The molecule has 1 amide bonds. The van der Waals surface area contributed by atoms with Crippen LogP contribution in [0.3, 0.4) is 0 Å². The molecule has 0 N–H and O–H groups in total. The van der Waals surface area contributed by atoms with Crippen molar-refractivity contribution in [2.45, 2.75) is 18.9 Å². The Balaban J connectivity index is 1.77. The maximum Gasteiger partial charge on any atom is 0.312 e. The van der Waals surface area contributed by atoms with E-state index in [2.05, 4.69) is 0 Å². The summed E-state index contributed by atoms with van der Waals surface area (Å²) in [5.74, 6) is 1.09. The molecule has 154 valence electrons. The van der Waals surface area contributed by atoms with E-state index in [1.165, 1.54) is 18.2 Å². The summed E-state index contributed by atoms with van der Waals surface area (Å²) in [6.45, 7) is 0.251. The lowest BCUT2D eigenvalue weighted by molar-refractivity contribution is -0.385. The summed E-state index contributed by atoms with van der Waals surface area (Å²) in [6, 6.07) is 9.35. The number of amides is 1. The molecule has 1 atom stereocenters. The molecule has 1 unspecified atom stereocenters. The number of carbonyl (C=O) groups excluding carboxylic acids is 1. The van der Waals surface area contributed by atoms with E-state index < -0.39 is 4.92 Å². The predicted molar refractivity (Wildman–Crippen MR) is 107 cm³/mol. The summed E-state index contributed by atoms with van der Waals surface area (Å²) in [4.78, 5) is 25.1. The quantitative estimate of drug-likeness (QED) is 0.496. The van der Waals surface area contributed by atoms with E-state index in [4.69, 9.17) is 25.8 Å². The van der Waals surface area contributed by atoms with Gasteiger partial charge in [-0.2, -0.15) is 0 Å². The van der Waals surface area contributed by atoms with Gasteiger partial charge in [0.1, 0.15) is 11.5 Å². The van der Waals surface area contributed by atoms with E-state index in [9.17, 15) is 14.9 Å². The summed E-state index contributed by atoms with van der Waals surface area (Å²) >= 11 is 5.81. The average molecular weight is 421 g/mol. The monoisotopic (exact) mass is 420 g/mol. The first-order valence-electron chi connectivity index (χ1n) is 9.02. The van der Waals surface area contributed by atoms with Crippen molar-refractivity contribution in [2.75, 3.05) is 27.4 Å². The van der Waals surface area contributed by atoms with Gasteiger partial charge in [-0.1, -0.05) is 11.6 Å². The first-order valence-corrected chi connectivity index (χ1v) is 9.40. The second-order valence-corrected chi connectivity index (χ2v) is 6.95. The van der Waals surface area contributed by atoms with E-state index in [0.29, 0.717) is 18.0 Å². The highest BCUT2D eigenvalue weighted by Crippen LogP contribution is 2.39. The Morgan fingerprint density at radius 2 is 1.97 bits per heavy atom. The van der Waals surface area contributed by atoms with Crippen LogP contribution in [-0.2, 0) is 4.79 Å².